The molecule has 0 saturated carbocycles. The van der Waals surface area contributed by atoms with Gasteiger partial charge in [0.25, 0.3) is 10.0 Å². The number of halogens is 3. The molecule has 2 rings (SSSR count). The van der Waals surface area contributed by atoms with E-state index in [1.54, 1.807) is 11.6 Å². The van der Waals surface area contributed by atoms with Crippen LogP contribution in [0.1, 0.15) is 37.6 Å². The number of sulfonamides is 1. The highest BCUT2D eigenvalue weighted by Gasteiger charge is 2.35. The second-order valence-electron chi connectivity index (χ2n) is 6.10. The molecule has 0 bridgehead atoms. The van der Waals surface area contributed by atoms with E-state index in [1.165, 1.54) is 12.1 Å². The number of rotatable bonds is 8. The Morgan fingerprint density at radius 3 is 2.31 bits per heavy atom. The first kappa shape index (κ1) is 22.4. The number of hydrogen-bond acceptors (Lipinski definition) is 5. The van der Waals surface area contributed by atoms with Crippen LogP contribution >= 0.6 is 0 Å². The molecule has 8 nitrogen and oxygen atoms in total. The molecule has 0 aliphatic heterocycles. The molecule has 1 aromatic heterocycles. The SMILES string of the molecule is CCCc1cc(C(F)(F)F)nn1-c1ccc(S(=O)(=O)NC(=O)CCC(=O)O)cc1. The maximum Gasteiger partial charge on any atom is 0.435 e. The Hall–Kier alpha value is -2.89. The highest BCUT2D eigenvalue weighted by Crippen LogP contribution is 2.30. The lowest BCUT2D eigenvalue weighted by Crippen LogP contribution is -2.30. The summed E-state index contributed by atoms with van der Waals surface area (Å²) < 4.78 is 66.1. The first-order valence-corrected chi connectivity index (χ1v) is 9.96. The summed E-state index contributed by atoms with van der Waals surface area (Å²) in [4.78, 5) is 21.7. The summed E-state index contributed by atoms with van der Waals surface area (Å²) in [5, 5.41) is 12.1. The Labute approximate surface area is 164 Å². The standard InChI is InChI=1S/C17H18F3N3O5S/c1-2-3-12-10-14(17(18,19)20)21-23(12)11-4-6-13(7-5-11)29(27,28)22-15(24)8-9-16(25)26/h4-7,10H,2-3,8-9H2,1H3,(H,22,24)(H,25,26). The Balaban J connectivity index is 2.27. The van der Waals surface area contributed by atoms with Crippen LogP contribution in [0.25, 0.3) is 5.69 Å². The van der Waals surface area contributed by atoms with Gasteiger partial charge in [-0.25, -0.2) is 17.8 Å². The van der Waals surface area contributed by atoms with Crippen molar-refractivity contribution in [2.45, 2.75) is 43.7 Å². The summed E-state index contributed by atoms with van der Waals surface area (Å²) in [6.07, 6.45) is -4.74. The van der Waals surface area contributed by atoms with Crippen molar-refractivity contribution in [1.29, 1.82) is 0 Å². The molecule has 1 heterocycles. The molecule has 1 amide bonds. The average molecular weight is 433 g/mol. The van der Waals surface area contributed by atoms with Crippen molar-refractivity contribution >= 4 is 21.9 Å². The number of carbonyl (C=O) groups excluding carboxylic acids is 1. The van der Waals surface area contributed by atoms with Crippen molar-refractivity contribution in [2.24, 2.45) is 0 Å². The summed E-state index contributed by atoms with van der Waals surface area (Å²) in [6.45, 7) is 1.80. The average Bonchev–Trinajstić information content (AvgIpc) is 3.04. The van der Waals surface area contributed by atoms with Crippen molar-refractivity contribution < 1.29 is 36.3 Å². The molecule has 0 fully saturated rings. The molecule has 0 unspecified atom stereocenters. The van der Waals surface area contributed by atoms with Crippen LogP contribution in [-0.2, 0) is 32.2 Å². The van der Waals surface area contributed by atoms with Crippen molar-refractivity contribution in [3.8, 4) is 5.69 Å². The maximum atomic E-state index is 13.0. The lowest BCUT2D eigenvalue weighted by atomic mass is 10.2. The molecule has 0 aliphatic carbocycles. The van der Waals surface area contributed by atoms with Gasteiger partial charge in [-0.3, -0.25) is 9.59 Å². The van der Waals surface area contributed by atoms with E-state index in [1.807, 2.05) is 0 Å². The summed E-state index contributed by atoms with van der Waals surface area (Å²) in [7, 11) is -4.25. The number of hydrogen-bond donors (Lipinski definition) is 2. The van der Waals surface area contributed by atoms with Crippen LogP contribution in [0.3, 0.4) is 0 Å². The fraction of sp³-hybridized carbons (Fsp3) is 0.353. The van der Waals surface area contributed by atoms with Crippen molar-refractivity contribution in [3.05, 3.63) is 41.7 Å². The van der Waals surface area contributed by atoms with E-state index in [0.29, 0.717) is 18.5 Å². The number of carboxylic acids is 1. The van der Waals surface area contributed by atoms with Gasteiger partial charge in [0.15, 0.2) is 5.69 Å². The van der Waals surface area contributed by atoms with Crippen molar-refractivity contribution in [3.63, 3.8) is 0 Å². The molecule has 2 aromatic rings. The molecular weight excluding hydrogens is 415 g/mol. The number of benzene rings is 1. The minimum absolute atomic E-state index is 0.222. The number of aryl methyl sites for hydroxylation is 1. The highest BCUT2D eigenvalue weighted by atomic mass is 32.2. The first-order valence-electron chi connectivity index (χ1n) is 8.48. The van der Waals surface area contributed by atoms with Crippen molar-refractivity contribution in [1.82, 2.24) is 14.5 Å². The van der Waals surface area contributed by atoms with E-state index in [4.69, 9.17) is 5.11 Å². The number of carboxylic acid groups (broad SMARTS) is 1. The summed E-state index contributed by atoms with van der Waals surface area (Å²) in [6, 6.07) is 5.71. The van der Waals surface area contributed by atoms with Gasteiger partial charge in [-0.2, -0.15) is 18.3 Å². The van der Waals surface area contributed by atoms with Crippen LogP contribution < -0.4 is 4.72 Å². The van der Waals surface area contributed by atoms with Gasteiger partial charge in [0, 0.05) is 12.1 Å². The molecule has 0 aliphatic rings. The molecule has 2 N–H and O–H groups in total. The second kappa shape index (κ2) is 8.64. The maximum absolute atomic E-state index is 13.0. The highest BCUT2D eigenvalue weighted by molar-refractivity contribution is 7.90. The van der Waals surface area contributed by atoms with Crippen LogP contribution in [-0.4, -0.2) is 35.2 Å². The van der Waals surface area contributed by atoms with E-state index < -0.39 is 46.6 Å². The molecule has 0 spiro atoms. The van der Waals surface area contributed by atoms with Gasteiger partial charge in [-0.05, 0) is 36.8 Å². The molecule has 158 valence electrons. The summed E-state index contributed by atoms with van der Waals surface area (Å²) >= 11 is 0. The van der Waals surface area contributed by atoms with E-state index in [-0.39, 0.29) is 10.6 Å². The Morgan fingerprint density at radius 1 is 1.17 bits per heavy atom. The monoisotopic (exact) mass is 433 g/mol. The van der Waals surface area contributed by atoms with Gasteiger partial charge < -0.3 is 5.11 Å². The number of aliphatic carboxylic acids is 1. The van der Waals surface area contributed by atoms with E-state index in [2.05, 4.69) is 5.10 Å². The smallest absolute Gasteiger partial charge is 0.435 e. The largest absolute Gasteiger partial charge is 0.481 e. The minimum Gasteiger partial charge on any atom is -0.481 e. The fourth-order valence-corrected chi connectivity index (χ4v) is 3.48. The van der Waals surface area contributed by atoms with Gasteiger partial charge >= 0.3 is 12.1 Å². The Morgan fingerprint density at radius 2 is 1.79 bits per heavy atom. The Kier molecular flexibility index (Phi) is 6.67. The third kappa shape index (κ3) is 5.79. The number of amides is 1. The molecule has 0 saturated heterocycles. The molecule has 0 radical (unpaired) electrons. The normalized spacial score (nSPS) is 12.0. The third-order valence-corrected chi connectivity index (χ3v) is 5.17. The Bertz CT molecular complexity index is 998. The number of nitrogens with one attached hydrogen (secondary N) is 1. The van der Waals surface area contributed by atoms with Crippen LogP contribution in [0.15, 0.2) is 35.2 Å². The number of aromatic nitrogens is 2. The van der Waals surface area contributed by atoms with E-state index in [0.717, 1.165) is 22.9 Å². The molecule has 29 heavy (non-hydrogen) atoms. The first-order chi connectivity index (χ1) is 13.4. The quantitative estimate of drug-likeness (QED) is 0.660. The van der Waals surface area contributed by atoms with Crippen molar-refractivity contribution in [2.75, 3.05) is 0 Å². The molecule has 0 atom stereocenters. The number of alkyl halides is 3. The van der Waals surface area contributed by atoms with Crippen LogP contribution in [0.4, 0.5) is 13.2 Å². The lowest BCUT2D eigenvalue weighted by molar-refractivity contribution is -0.141. The van der Waals surface area contributed by atoms with E-state index >= 15 is 0 Å². The zero-order chi connectivity index (χ0) is 21.8. The second-order valence-corrected chi connectivity index (χ2v) is 7.78. The van der Waals surface area contributed by atoms with Crippen LogP contribution in [0.2, 0.25) is 0 Å². The van der Waals surface area contributed by atoms with Gasteiger partial charge in [0.1, 0.15) is 0 Å². The van der Waals surface area contributed by atoms with Crippen LogP contribution in [0, 0.1) is 0 Å². The molecule has 1 aromatic carbocycles. The van der Waals surface area contributed by atoms with E-state index in [9.17, 15) is 31.2 Å². The van der Waals surface area contributed by atoms with Crippen LogP contribution in [0.5, 0.6) is 0 Å². The number of nitrogens with zero attached hydrogens (tertiary/aromatic N) is 2. The molecular formula is C17H18F3N3O5S. The lowest BCUT2D eigenvalue weighted by Gasteiger charge is -2.09. The summed E-state index contributed by atoms with van der Waals surface area (Å²) in [5.41, 5.74) is -0.513. The predicted molar refractivity (Wildman–Crippen MR) is 94.8 cm³/mol. The topological polar surface area (TPSA) is 118 Å². The zero-order valence-electron chi connectivity index (χ0n) is 15.2. The zero-order valence-corrected chi connectivity index (χ0v) is 16.0. The predicted octanol–water partition coefficient (Wildman–Crippen LogP) is 2.51. The third-order valence-electron chi connectivity index (χ3n) is 3.79. The minimum atomic E-state index is -4.61. The van der Waals surface area contributed by atoms with Gasteiger partial charge in [-0.15, -0.1) is 0 Å². The number of carbonyl (C=O) groups is 2. The van der Waals surface area contributed by atoms with Gasteiger partial charge in [0.2, 0.25) is 5.91 Å². The molecule has 12 heteroatoms. The fourth-order valence-electron chi connectivity index (χ4n) is 2.46. The van der Waals surface area contributed by atoms with Gasteiger partial charge in [0.05, 0.1) is 17.0 Å². The van der Waals surface area contributed by atoms with Gasteiger partial charge in [-0.1, -0.05) is 13.3 Å². The summed E-state index contributed by atoms with van der Waals surface area (Å²) in [5.74, 6) is -2.23.